The van der Waals surface area contributed by atoms with E-state index in [2.05, 4.69) is 69.9 Å². The number of nitrogens with zero attached hydrogens (tertiary/aromatic N) is 5. The molecule has 2 amide bonds. The molecule has 0 aliphatic carbocycles. The van der Waals surface area contributed by atoms with E-state index >= 15 is 0 Å². The summed E-state index contributed by atoms with van der Waals surface area (Å²) in [5.41, 5.74) is 5.66. The van der Waals surface area contributed by atoms with E-state index in [1.54, 1.807) is 11.8 Å². The number of carbonyl (C=O) groups is 1. The molecule has 0 spiro atoms. The zero-order valence-electron chi connectivity index (χ0n) is 25.6. The maximum Gasteiger partial charge on any atom is 0.573 e. The molecule has 0 radical (unpaired) electrons. The Bertz CT molecular complexity index is 1650. The molecule has 3 aromatic carbocycles. The third-order valence-corrected chi connectivity index (χ3v) is 8.40. The van der Waals surface area contributed by atoms with Crippen molar-refractivity contribution in [3.8, 4) is 22.8 Å². The fourth-order valence-electron chi connectivity index (χ4n) is 5.24. The van der Waals surface area contributed by atoms with Gasteiger partial charge in [0.15, 0.2) is 11.0 Å². The molecule has 0 bridgehead atoms. The largest absolute Gasteiger partial charge is 0.573 e. The van der Waals surface area contributed by atoms with Crippen LogP contribution in [0.15, 0.2) is 78.0 Å². The number of hydrogen-bond donors (Lipinski definition) is 1. The molecule has 0 saturated carbocycles. The number of aliphatic imine (C=N–C) groups is 1. The molecule has 1 N–H and O–H groups in total. The number of para-hydroxylation sites is 1. The number of carbonyl (C=O) groups excluding carboxylic acids is 1. The van der Waals surface area contributed by atoms with Gasteiger partial charge in [0.25, 0.3) is 0 Å². The van der Waals surface area contributed by atoms with Crippen molar-refractivity contribution in [3.05, 3.63) is 89.7 Å². The third-order valence-electron chi connectivity index (χ3n) is 7.33. The minimum atomic E-state index is -4.75. The molecule has 1 fully saturated rings. The van der Waals surface area contributed by atoms with Crippen LogP contribution in [0.4, 0.5) is 23.7 Å². The summed E-state index contributed by atoms with van der Waals surface area (Å²) in [6.07, 6.45) is -1.49. The number of alkyl halides is 3. The van der Waals surface area contributed by atoms with Crippen molar-refractivity contribution in [2.75, 3.05) is 23.7 Å². The number of hydrogen-bond acceptors (Lipinski definition) is 5. The average molecular weight is 637 g/mol. The maximum atomic E-state index is 12.9. The summed E-state index contributed by atoms with van der Waals surface area (Å²) < 4.78 is 42.7. The number of amidine groups is 1. The molecule has 12 heteroatoms. The van der Waals surface area contributed by atoms with E-state index < -0.39 is 6.36 Å². The maximum absolute atomic E-state index is 12.9. The van der Waals surface area contributed by atoms with Crippen molar-refractivity contribution in [2.24, 2.45) is 10.4 Å². The summed E-state index contributed by atoms with van der Waals surface area (Å²) >= 11 is 1.61. The number of urea groups is 1. The second-order valence-corrected chi connectivity index (χ2v) is 12.8. The lowest BCUT2D eigenvalue weighted by molar-refractivity contribution is -0.274. The van der Waals surface area contributed by atoms with Crippen molar-refractivity contribution in [2.45, 2.75) is 46.9 Å². The second kappa shape index (κ2) is 13.4. The van der Waals surface area contributed by atoms with Crippen LogP contribution in [-0.2, 0) is 6.42 Å². The van der Waals surface area contributed by atoms with Crippen molar-refractivity contribution in [1.82, 2.24) is 20.1 Å². The summed E-state index contributed by atoms with van der Waals surface area (Å²) in [5.74, 6) is 1.11. The molecule has 4 aromatic rings. The number of ether oxygens (including phenoxy) is 1. The SMILES string of the molecule is Cc1cccc(C)c1N1CCCSC1=NC(=O)NCC(C)(C)Cc1ccc(-c2ncn(-c3ccc(OC(F)(F)F)cc3)n2)cc1. The van der Waals surface area contributed by atoms with Gasteiger partial charge in [-0.05, 0) is 73.1 Å². The molecular weight excluding hydrogens is 601 g/mol. The van der Waals surface area contributed by atoms with Gasteiger partial charge in [-0.1, -0.05) is 68.1 Å². The van der Waals surface area contributed by atoms with Crippen LogP contribution in [0.2, 0.25) is 0 Å². The number of thioether (sulfide) groups is 1. The first-order valence-electron chi connectivity index (χ1n) is 14.6. The van der Waals surface area contributed by atoms with Crippen LogP contribution in [-0.4, -0.2) is 51.2 Å². The van der Waals surface area contributed by atoms with E-state index in [1.807, 2.05) is 30.3 Å². The van der Waals surface area contributed by atoms with E-state index in [-0.39, 0.29) is 17.2 Å². The Kier molecular flexibility index (Phi) is 9.52. The predicted molar refractivity (Wildman–Crippen MR) is 172 cm³/mol. The third kappa shape index (κ3) is 8.44. The number of aryl methyl sites for hydroxylation is 2. The predicted octanol–water partition coefficient (Wildman–Crippen LogP) is 7.73. The second-order valence-electron chi connectivity index (χ2n) is 11.7. The van der Waals surface area contributed by atoms with Crippen molar-refractivity contribution >= 4 is 28.6 Å². The van der Waals surface area contributed by atoms with Gasteiger partial charge in [0.2, 0.25) is 0 Å². The molecule has 1 aliphatic rings. The summed E-state index contributed by atoms with van der Waals surface area (Å²) in [4.78, 5) is 23.9. The Morgan fingerprint density at radius 2 is 1.71 bits per heavy atom. The first-order valence-corrected chi connectivity index (χ1v) is 15.6. The van der Waals surface area contributed by atoms with Gasteiger partial charge in [-0.3, -0.25) is 0 Å². The molecule has 45 heavy (non-hydrogen) atoms. The lowest BCUT2D eigenvalue weighted by atomic mass is 9.85. The molecule has 8 nitrogen and oxygen atoms in total. The van der Waals surface area contributed by atoms with E-state index in [1.165, 1.54) is 35.3 Å². The van der Waals surface area contributed by atoms with Gasteiger partial charge in [0, 0.05) is 30.1 Å². The summed E-state index contributed by atoms with van der Waals surface area (Å²) in [6.45, 7) is 9.65. The smallest absolute Gasteiger partial charge is 0.406 e. The lowest BCUT2D eigenvalue weighted by Gasteiger charge is -2.32. The molecule has 1 aromatic heterocycles. The Hall–Kier alpha value is -4.32. The number of rotatable bonds is 8. The van der Waals surface area contributed by atoms with Crippen molar-refractivity contribution in [3.63, 3.8) is 0 Å². The highest BCUT2D eigenvalue weighted by molar-refractivity contribution is 8.14. The molecule has 5 rings (SSSR count). The molecule has 2 heterocycles. The Labute approximate surface area is 264 Å². The standard InChI is InChI=1S/C33H35F3N6O2S/c1-22-7-5-8-23(2)28(22)41-17-6-18-45-31(41)39-30(43)37-20-32(3,4)19-24-9-11-25(12-10-24)29-38-21-42(40-29)26-13-15-27(16-14-26)44-33(34,35)36/h5,7-16,21H,6,17-20H2,1-4H3,(H,37,43). The first kappa shape index (κ1) is 32.1. The Morgan fingerprint density at radius 3 is 2.38 bits per heavy atom. The van der Waals surface area contributed by atoms with E-state index in [4.69, 9.17) is 0 Å². The highest BCUT2D eigenvalue weighted by atomic mass is 32.2. The van der Waals surface area contributed by atoms with Crippen molar-refractivity contribution in [1.29, 1.82) is 0 Å². The minimum absolute atomic E-state index is 0.231. The van der Waals surface area contributed by atoms with Gasteiger partial charge in [-0.15, -0.1) is 18.3 Å². The molecule has 0 unspecified atom stereocenters. The number of halogens is 3. The quantitative estimate of drug-likeness (QED) is 0.213. The molecule has 236 valence electrons. The topological polar surface area (TPSA) is 84.6 Å². The van der Waals surface area contributed by atoms with E-state index in [0.717, 1.165) is 58.2 Å². The van der Waals surface area contributed by atoms with Gasteiger partial charge in [-0.2, -0.15) is 4.99 Å². The summed E-state index contributed by atoms with van der Waals surface area (Å²) in [6, 6.07) is 19.1. The van der Waals surface area contributed by atoms with Crippen LogP contribution >= 0.6 is 11.8 Å². The summed E-state index contributed by atoms with van der Waals surface area (Å²) in [5, 5.41) is 8.21. The molecule has 1 saturated heterocycles. The Balaban J connectivity index is 1.18. The van der Waals surface area contributed by atoms with Gasteiger partial charge in [0.05, 0.1) is 5.69 Å². The monoisotopic (exact) mass is 636 g/mol. The fourth-order valence-corrected chi connectivity index (χ4v) is 6.18. The van der Waals surface area contributed by atoms with Gasteiger partial charge >= 0.3 is 12.4 Å². The van der Waals surface area contributed by atoms with Crippen LogP contribution in [0.1, 0.15) is 37.0 Å². The highest BCUT2D eigenvalue weighted by Crippen LogP contribution is 2.31. The van der Waals surface area contributed by atoms with Crippen LogP contribution in [0.3, 0.4) is 0 Å². The van der Waals surface area contributed by atoms with Gasteiger partial charge in [0.1, 0.15) is 12.1 Å². The molecule has 1 aliphatic heterocycles. The van der Waals surface area contributed by atoms with Crippen LogP contribution in [0.25, 0.3) is 17.1 Å². The Morgan fingerprint density at radius 1 is 1.02 bits per heavy atom. The van der Waals surface area contributed by atoms with Crippen LogP contribution in [0, 0.1) is 19.3 Å². The lowest BCUT2D eigenvalue weighted by Crippen LogP contribution is -2.38. The van der Waals surface area contributed by atoms with E-state index in [9.17, 15) is 18.0 Å². The number of amides is 2. The molecular formula is C33H35F3N6O2S. The van der Waals surface area contributed by atoms with Crippen LogP contribution in [0.5, 0.6) is 5.75 Å². The fraction of sp³-hybridized carbons (Fsp3) is 0.333. The normalized spacial score (nSPS) is 14.9. The average Bonchev–Trinajstić information content (AvgIpc) is 3.47. The first-order chi connectivity index (χ1) is 21.4. The van der Waals surface area contributed by atoms with E-state index in [0.29, 0.717) is 18.1 Å². The highest BCUT2D eigenvalue weighted by Gasteiger charge is 2.31. The number of aromatic nitrogens is 3. The summed E-state index contributed by atoms with van der Waals surface area (Å²) in [7, 11) is 0. The minimum Gasteiger partial charge on any atom is -0.406 e. The number of benzene rings is 3. The van der Waals surface area contributed by atoms with Crippen LogP contribution < -0.4 is 15.0 Å². The number of nitrogens with one attached hydrogen (secondary N) is 1. The molecule has 0 atom stereocenters. The number of anilines is 1. The van der Waals surface area contributed by atoms with Gasteiger partial charge < -0.3 is 15.0 Å². The zero-order valence-corrected chi connectivity index (χ0v) is 26.4. The zero-order chi connectivity index (χ0) is 32.2. The van der Waals surface area contributed by atoms with Gasteiger partial charge in [-0.25, -0.2) is 14.5 Å². The van der Waals surface area contributed by atoms with Crippen molar-refractivity contribution < 1.29 is 22.7 Å².